The molecule has 0 unspecified atom stereocenters. The van der Waals surface area contributed by atoms with Crippen molar-refractivity contribution in [1.29, 1.82) is 0 Å². The number of likely N-dealkylation sites (N-methyl/N-ethyl adjacent to an activating group) is 1. The van der Waals surface area contributed by atoms with Gasteiger partial charge in [0.25, 0.3) is 10.0 Å². The van der Waals surface area contributed by atoms with Crippen LogP contribution >= 0.6 is 11.3 Å². The topological polar surface area (TPSA) is 70.9 Å². The molecule has 6 nitrogen and oxygen atoms in total. The first-order valence-electron chi connectivity index (χ1n) is 9.56. The Labute approximate surface area is 171 Å². The molecule has 1 fully saturated rings. The van der Waals surface area contributed by atoms with Crippen molar-refractivity contribution in [3.05, 3.63) is 53.4 Å². The molecule has 28 heavy (non-hydrogen) atoms. The zero-order valence-corrected chi connectivity index (χ0v) is 17.9. The van der Waals surface area contributed by atoms with E-state index >= 15 is 0 Å². The molecule has 152 valence electrons. The molecule has 1 saturated heterocycles. The molecule has 1 aromatic heterocycles. The molecule has 1 aromatic carbocycles. The van der Waals surface area contributed by atoms with Crippen molar-refractivity contribution in [2.45, 2.75) is 23.1 Å². The first kappa shape index (κ1) is 21.0. The van der Waals surface area contributed by atoms with Crippen LogP contribution in [0.15, 0.2) is 52.1 Å². The maximum Gasteiger partial charge on any atom is 0.252 e. The van der Waals surface area contributed by atoms with Gasteiger partial charge in [-0.2, -0.15) is 4.31 Å². The summed E-state index contributed by atoms with van der Waals surface area (Å²) in [6.07, 6.45) is 1.40. The van der Waals surface area contributed by atoms with Gasteiger partial charge < -0.3 is 10.2 Å². The molecule has 0 spiro atoms. The maximum absolute atomic E-state index is 13.0. The second-order valence-electron chi connectivity index (χ2n) is 7.52. The van der Waals surface area contributed by atoms with Crippen LogP contribution in [0.5, 0.6) is 0 Å². The summed E-state index contributed by atoms with van der Waals surface area (Å²) < 4.78 is 27.4. The van der Waals surface area contributed by atoms with E-state index in [1.807, 2.05) is 30.3 Å². The summed E-state index contributed by atoms with van der Waals surface area (Å²) in [5, 5.41) is 4.92. The van der Waals surface area contributed by atoms with Crippen LogP contribution in [0.25, 0.3) is 0 Å². The van der Waals surface area contributed by atoms with Crippen LogP contribution in [-0.2, 0) is 14.8 Å². The molecule has 0 aliphatic carbocycles. The first-order chi connectivity index (χ1) is 13.4. The lowest BCUT2D eigenvalue weighted by molar-refractivity contribution is -0.860. The Morgan fingerprint density at radius 2 is 2.00 bits per heavy atom. The van der Waals surface area contributed by atoms with Crippen LogP contribution in [0.1, 0.15) is 24.4 Å². The molecule has 3 rings (SSSR count). The van der Waals surface area contributed by atoms with Gasteiger partial charge in [-0.3, -0.25) is 4.79 Å². The number of nitrogens with one attached hydrogen (secondary N) is 2. The number of hydrogen-bond donors (Lipinski definition) is 2. The molecule has 2 N–H and O–H groups in total. The van der Waals surface area contributed by atoms with Crippen LogP contribution in [0.2, 0.25) is 0 Å². The zero-order chi connectivity index (χ0) is 20.1. The van der Waals surface area contributed by atoms with Gasteiger partial charge in [-0.1, -0.05) is 36.4 Å². The Bertz CT molecular complexity index is 867. The Morgan fingerprint density at radius 1 is 1.25 bits per heavy atom. The lowest BCUT2D eigenvalue weighted by atomic mass is 9.97. The van der Waals surface area contributed by atoms with E-state index < -0.39 is 10.0 Å². The molecule has 0 radical (unpaired) electrons. The average molecular weight is 423 g/mol. The number of thiophene rings is 1. The van der Waals surface area contributed by atoms with Crippen LogP contribution < -0.4 is 10.2 Å². The number of benzene rings is 1. The minimum Gasteiger partial charge on any atom is -0.343 e. The van der Waals surface area contributed by atoms with Crippen LogP contribution in [0, 0.1) is 5.92 Å². The fourth-order valence-electron chi connectivity index (χ4n) is 3.55. The van der Waals surface area contributed by atoms with Gasteiger partial charge in [0.05, 0.1) is 20.0 Å². The third-order valence-corrected chi connectivity index (χ3v) is 8.21. The number of carbonyl (C=O) groups is 1. The van der Waals surface area contributed by atoms with Crippen molar-refractivity contribution in [1.82, 2.24) is 9.62 Å². The van der Waals surface area contributed by atoms with Gasteiger partial charge in [0.15, 0.2) is 0 Å². The van der Waals surface area contributed by atoms with Gasteiger partial charge in [0.2, 0.25) is 5.91 Å². The van der Waals surface area contributed by atoms with Crippen molar-refractivity contribution in [2.75, 3.05) is 33.7 Å². The standard InChI is InChI=1S/C20H27N3O3S2/c1-22(2)15-18(16-8-4-3-5-9-16)21-20(24)17-10-6-12-23(14-17)28(25,26)19-11-7-13-27-19/h3-5,7-9,11,13,17-18H,6,10,12,14-15H2,1-2H3,(H,21,24)/p+1/t17-,18-/m0/s1. The molecular formula is C20H28N3O3S2+. The number of quaternary nitrogens is 1. The smallest absolute Gasteiger partial charge is 0.252 e. The minimum absolute atomic E-state index is 0.0683. The van der Waals surface area contributed by atoms with E-state index in [1.54, 1.807) is 17.5 Å². The Balaban J connectivity index is 1.70. The van der Waals surface area contributed by atoms with Gasteiger partial charge in [-0.15, -0.1) is 11.3 Å². The summed E-state index contributed by atoms with van der Waals surface area (Å²) in [6, 6.07) is 13.2. The summed E-state index contributed by atoms with van der Waals surface area (Å²) >= 11 is 1.21. The summed E-state index contributed by atoms with van der Waals surface area (Å²) in [7, 11) is 0.590. The van der Waals surface area contributed by atoms with E-state index in [4.69, 9.17) is 0 Å². The van der Waals surface area contributed by atoms with Gasteiger partial charge >= 0.3 is 0 Å². The monoisotopic (exact) mass is 422 g/mol. The molecule has 2 atom stereocenters. The highest BCUT2D eigenvalue weighted by atomic mass is 32.2. The summed E-state index contributed by atoms with van der Waals surface area (Å²) in [5.41, 5.74) is 1.07. The maximum atomic E-state index is 13.0. The van der Waals surface area contributed by atoms with Crippen molar-refractivity contribution in [2.24, 2.45) is 5.92 Å². The lowest BCUT2D eigenvalue weighted by Crippen LogP contribution is -3.06. The zero-order valence-electron chi connectivity index (χ0n) is 16.3. The predicted molar refractivity (Wildman–Crippen MR) is 111 cm³/mol. The highest BCUT2D eigenvalue weighted by Crippen LogP contribution is 2.27. The second-order valence-corrected chi connectivity index (χ2v) is 10.6. The van der Waals surface area contributed by atoms with E-state index in [-0.39, 0.29) is 24.4 Å². The number of nitrogens with zero attached hydrogens (tertiary/aromatic N) is 1. The van der Waals surface area contributed by atoms with Crippen LogP contribution in [0.4, 0.5) is 0 Å². The number of sulfonamides is 1. The van der Waals surface area contributed by atoms with Crippen molar-refractivity contribution < 1.29 is 18.1 Å². The Morgan fingerprint density at radius 3 is 2.64 bits per heavy atom. The molecule has 0 bridgehead atoms. The van der Waals surface area contributed by atoms with Gasteiger partial charge in [-0.25, -0.2) is 8.42 Å². The predicted octanol–water partition coefficient (Wildman–Crippen LogP) is 1.15. The molecule has 2 heterocycles. The fourth-order valence-corrected chi connectivity index (χ4v) is 6.22. The van der Waals surface area contributed by atoms with Gasteiger partial charge in [0.1, 0.15) is 16.8 Å². The van der Waals surface area contributed by atoms with Crippen molar-refractivity contribution in [3.8, 4) is 0 Å². The molecule has 8 heteroatoms. The normalized spacial score (nSPS) is 19.5. The fraction of sp³-hybridized carbons (Fsp3) is 0.450. The molecule has 1 aliphatic rings. The summed E-state index contributed by atoms with van der Waals surface area (Å²) in [5.74, 6) is -0.395. The van der Waals surface area contributed by atoms with Crippen LogP contribution in [-0.4, -0.2) is 52.4 Å². The van der Waals surface area contributed by atoms with E-state index in [2.05, 4.69) is 19.4 Å². The van der Waals surface area contributed by atoms with E-state index in [0.717, 1.165) is 12.1 Å². The third-order valence-electron chi connectivity index (χ3n) is 4.97. The lowest BCUT2D eigenvalue weighted by Gasteiger charge is -2.32. The van der Waals surface area contributed by atoms with Gasteiger partial charge in [0, 0.05) is 13.1 Å². The highest BCUT2D eigenvalue weighted by molar-refractivity contribution is 7.91. The van der Waals surface area contributed by atoms with E-state index in [1.165, 1.54) is 20.5 Å². The molecular weight excluding hydrogens is 394 g/mol. The highest BCUT2D eigenvalue weighted by Gasteiger charge is 2.34. The number of hydrogen-bond acceptors (Lipinski definition) is 4. The number of carbonyl (C=O) groups excluding carboxylic acids is 1. The third kappa shape index (κ3) is 5.00. The first-order valence-corrected chi connectivity index (χ1v) is 11.9. The molecule has 0 saturated carbocycles. The second kappa shape index (κ2) is 9.17. The number of piperidine rings is 1. The van der Waals surface area contributed by atoms with Crippen LogP contribution in [0.3, 0.4) is 0 Å². The quantitative estimate of drug-likeness (QED) is 0.703. The Kier molecular flexibility index (Phi) is 6.87. The largest absolute Gasteiger partial charge is 0.343 e. The molecule has 2 aromatic rings. The molecule has 1 aliphatic heterocycles. The van der Waals surface area contributed by atoms with Crippen molar-refractivity contribution >= 4 is 27.3 Å². The number of rotatable bonds is 7. The average Bonchev–Trinajstić information content (AvgIpc) is 3.23. The molecule has 1 amide bonds. The SMILES string of the molecule is C[NH+](C)C[C@H](NC(=O)[C@H]1CCCN(S(=O)(=O)c2cccs2)C1)c1ccccc1. The minimum atomic E-state index is -3.52. The van der Waals surface area contributed by atoms with Gasteiger partial charge in [-0.05, 0) is 29.9 Å². The Hall–Kier alpha value is -1.74. The number of amides is 1. The summed E-state index contributed by atoms with van der Waals surface area (Å²) in [4.78, 5) is 14.2. The van der Waals surface area contributed by atoms with Crippen molar-refractivity contribution in [3.63, 3.8) is 0 Å². The summed E-state index contributed by atoms with van der Waals surface area (Å²) in [6.45, 7) is 1.47. The van der Waals surface area contributed by atoms with E-state index in [9.17, 15) is 13.2 Å². The van der Waals surface area contributed by atoms with E-state index in [0.29, 0.717) is 23.6 Å².